The van der Waals surface area contributed by atoms with Crippen LogP contribution in [0, 0.1) is 0 Å². The Labute approximate surface area is 66.9 Å². The highest BCUT2D eigenvalue weighted by Gasteiger charge is 2.13. The van der Waals surface area contributed by atoms with Crippen LogP contribution in [0.25, 0.3) is 0 Å². The first-order valence-electron chi connectivity index (χ1n) is 3.93. The normalized spacial score (nSPS) is 21.4. The molecule has 0 radical (unpaired) electrons. The zero-order valence-corrected chi connectivity index (χ0v) is 6.92. The summed E-state index contributed by atoms with van der Waals surface area (Å²) in [4.78, 5) is 14.7. The van der Waals surface area contributed by atoms with Crippen LogP contribution in [0.15, 0.2) is 0 Å². The second-order valence-corrected chi connectivity index (χ2v) is 2.98. The lowest BCUT2D eigenvalue weighted by atomic mass is 10.4. The Balaban J connectivity index is 2.40. The Bertz CT molecular complexity index is 149. The topological polar surface area (TPSA) is 49.6 Å². The summed E-state index contributed by atoms with van der Waals surface area (Å²) in [5, 5.41) is 0. The Hall–Kier alpha value is -0.770. The number of carbonyl (C=O) groups excluding carboxylic acids is 1. The van der Waals surface area contributed by atoms with Crippen molar-refractivity contribution in [1.82, 2.24) is 9.80 Å². The van der Waals surface area contributed by atoms with E-state index < -0.39 is 0 Å². The fourth-order valence-corrected chi connectivity index (χ4v) is 1.27. The van der Waals surface area contributed by atoms with Crippen LogP contribution < -0.4 is 5.73 Å². The summed E-state index contributed by atoms with van der Waals surface area (Å²) in [6.45, 7) is 3.57. The minimum Gasteiger partial charge on any atom is -0.351 e. The number of urea groups is 1. The minimum atomic E-state index is -0.291. The molecule has 1 heterocycles. The van der Waals surface area contributed by atoms with Gasteiger partial charge < -0.3 is 15.5 Å². The van der Waals surface area contributed by atoms with Crippen molar-refractivity contribution in [2.24, 2.45) is 5.73 Å². The van der Waals surface area contributed by atoms with E-state index in [1.165, 1.54) is 0 Å². The predicted octanol–water partition coefficient (Wildman–Crippen LogP) is -0.297. The van der Waals surface area contributed by atoms with Gasteiger partial charge in [0.2, 0.25) is 0 Å². The Morgan fingerprint density at radius 2 is 2.00 bits per heavy atom. The van der Waals surface area contributed by atoms with Crippen molar-refractivity contribution < 1.29 is 4.79 Å². The van der Waals surface area contributed by atoms with Gasteiger partial charge in [0.05, 0.1) is 0 Å². The fourth-order valence-electron chi connectivity index (χ4n) is 1.27. The first-order valence-corrected chi connectivity index (χ1v) is 3.93. The van der Waals surface area contributed by atoms with E-state index in [1.807, 2.05) is 0 Å². The highest BCUT2D eigenvalue weighted by Crippen LogP contribution is 1.99. The molecule has 1 rings (SSSR count). The van der Waals surface area contributed by atoms with Crippen LogP contribution in [-0.4, -0.2) is 49.1 Å². The van der Waals surface area contributed by atoms with Crippen LogP contribution in [0.3, 0.4) is 0 Å². The van der Waals surface area contributed by atoms with Gasteiger partial charge in [0.1, 0.15) is 0 Å². The van der Waals surface area contributed by atoms with Gasteiger partial charge in [-0.15, -0.1) is 0 Å². The number of rotatable bonds is 0. The molecule has 0 saturated carbocycles. The molecule has 11 heavy (non-hydrogen) atoms. The molecule has 2 N–H and O–H groups in total. The maximum absolute atomic E-state index is 10.7. The summed E-state index contributed by atoms with van der Waals surface area (Å²) in [7, 11) is 2.06. The Morgan fingerprint density at radius 3 is 2.64 bits per heavy atom. The zero-order valence-electron chi connectivity index (χ0n) is 6.92. The molecule has 4 heteroatoms. The van der Waals surface area contributed by atoms with Crippen molar-refractivity contribution in [3.05, 3.63) is 0 Å². The second-order valence-electron chi connectivity index (χ2n) is 2.98. The predicted molar refractivity (Wildman–Crippen MR) is 43.3 cm³/mol. The number of primary amides is 1. The van der Waals surface area contributed by atoms with Gasteiger partial charge in [0.25, 0.3) is 0 Å². The molecule has 0 atom stereocenters. The number of nitrogens with two attached hydrogens (primary N) is 1. The fraction of sp³-hybridized carbons (Fsp3) is 0.857. The molecule has 1 fully saturated rings. The van der Waals surface area contributed by atoms with E-state index in [4.69, 9.17) is 5.73 Å². The van der Waals surface area contributed by atoms with Crippen molar-refractivity contribution in [2.75, 3.05) is 33.2 Å². The average Bonchev–Trinajstić information content (AvgIpc) is 2.13. The summed E-state index contributed by atoms with van der Waals surface area (Å²) in [6.07, 6.45) is 1.03. The third-order valence-electron chi connectivity index (χ3n) is 2.03. The maximum Gasteiger partial charge on any atom is 0.314 e. The van der Waals surface area contributed by atoms with Gasteiger partial charge in [-0.25, -0.2) is 4.79 Å². The Kier molecular flexibility index (Phi) is 2.70. The van der Waals surface area contributed by atoms with Crippen LogP contribution in [0.5, 0.6) is 0 Å². The van der Waals surface area contributed by atoms with Crippen LogP contribution in [-0.2, 0) is 0 Å². The molecule has 1 aliphatic rings. The highest BCUT2D eigenvalue weighted by molar-refractivity contribution is 5.71. The van der Waals surface area contributed by atoms with Gasteiger partial charge in [-0.1, -0.05) is 0 Å². The number of amides is 2. The second kappa shape index (κ2) is 3.57. The van der Waals surface area contributed by atoms with Gasteiger partial charge in [0, 0.05) is 19.6 Å². The molecule has 0 aromatic carbocycles. The van der Waals surface area contributed by atoms with Crippen molar-refractivity contribution in [1.29, 1.82) is 0 Å². The standard InChI is InChI=1S/C7H15N3O/c1-9-3-2-4-10(6-5-9)7(8)11/h2-6H2,1H3,(H2,8,11). The number of hydrogen-bond acceptors (Lipinski definition) is 2. The monoisotopic (exact) mass is 157 g/mol. The number of hydrogen-bond donors (Lipinski definition) is 1. The molecule has 0 bridgehead atoms. The van der Waals surface area contributed by atoms with E-state index in [2.05, 4.69) is 11.9 Å². The van der Waals surface area contributed by atoms with E-state index in [0.717, 1.165) is 32.6 Å². The molecule has 0 aromatic heterocycles. The molecular weight excluding hydrogens is 142 g/mol. The third-order valence-corrected chi connectivity index (χ3v) is 2.03. The maximum atomic E-state index is 10.7. The summed E-state index contributed by atoms with van der Waals surface area (Å²) in [5.41, 5.74) is 5.15. The van der Waals surface area contributed by atoms with Crippen molar-refractivity contribution in [2.45, 2.75) is 6.42 Å². The van der Waals surface area contributed by atoms with E-state index in [1.54, 1.807) is 4.90 Å². The molecule has 0 aromatic rings. The zero-order chi connectivity index (χ0) is 8.27. The van der Waals surface area contributed by atoms with E-state index in [9.17, 15) is 4.79 Å². The van der Waals surface area contributed by atoms with Gasteiger partial charge in [-0.2, -0.15) is 0 Å². The first-order chi connectivity index (χ1) is 5.20. The largest absolute Gasteiger partial charge is 0.351 e. The van der Waals surface area contributed by atoms with Crippen LogP contribution in [0.4, 0.5) is 4.79 Å². The summed E-state index contributed by atoms with van der Waals surface area (Å²) in [6, 6.07) is -0.291. The molecule has 1 aliphatic heterocycles. The van der Waals surface area contributed by atoms with Crippen LogP contribution in [0.1, 0.15) is 6.42 Å². The summed E-state index contributed by atoms with van der Waals surface area (Å²) < 4.78 is 0. The summed E-state index contributed by atoms with van der Waals surface area (Å²) in [5.74, 6) is 0. The lowest BCUT2D eigenvalue weighted by Gasteiger charge is -2.17. The van der Waals surface area contributed by atoms with Crippen LogP contribution in [0.2, 0.25) is 0 Å². The van der Waals surface area contributed by atoms with Gasteiger partial charge in [-0.05, 0) is 20.0 Å². The molecular formula is C7H15N3O. The SMILES string of the molecule is CN1CCCN(C(N)=O)CC1. The number of likely N-dealkylation sites (N-methyl/N-ethyl adjacent to an activating group) is 1. The van der Waals surface area contributed by atoms with Crippen LogP contribution >= 0.6 is 0 Å². The van der Waals surface area contributed by atoms with Crippen molar-refractivity contribution >= 4 is 6.03 Å². The van der Waals surface area contributed by atoms with Crippen molar-refractivity contribution in [3.8, 4) is 0 Å². The molecule has 0 unspecified atom stereocenters. The lowest BCUT2D eigenvalue weighted by Crippen LogP contribution is -2.38. The minimum absolute atomic E-state index is 0.291. The molecule has 2 amide bonds. The van der Waals surface area contributed by atoms with E-state index in [-0.39, 0.29) is 6.03 Å². The van der Waals surface area contributed by atoms with Gasteiger partial charge >= 0.3 is 6.03 Å². The molecule has 1 saturated heterocycles. The third kappa shape index (κ3) is 2.38. The highest BCUT2D eigenvalue weighted by atomic mass is 16.2. The van der Waals surface area contributed by atoms with Gasteiger partial charge in [-0.3, -0.25) is 0 Å². The smallest absolute Gasteiger partial charge is 0.314 e. The lowest BCUT2D eigenvalue weighted by molar-refractivity contribution is 0.209. The van der Waals surface area contributed by atoms with E-state index >= 15 is 0 Å². The van der Waals surface area contributed by atoms with Crippen molar-refractivity contribution in [3.63, 3.8) is 0 Å². The number of carbonyl (C=O) groups is 1. The van der Waals surface area contributed by atoms with E-state index in [0.29, 0.717) is 0 Å². The molecule has 4 nitrogen and oxygen atoms in total. The first kappa shape index (κ1) is 8.33. The quantitative estimate of drug-likeness (QED) is 0.525. The molecule has 0 spiro atoms. The Morgan fingerprint density at radius 1 is 1.27 bits per heavy atom. The molecule has 0 aliphatic carbocycles. The molecule has 64 valence electrons. The summed E-state index contributed by atoms with van der Waals surface area (Å²) >= 11 is 0. The average molecular weight is 157 g/mol. The number of nitrogens with zero attached hydrogens (tertiary/aromatic N) is 2. The van der Waals surface area contributed by atoms with Gasteiger partial charge in [0.15, 0.2) is 0 Å².